The van der Waals surface area contributed by atoms with E-state index in [9.17, 15) is 9.59 Å². The maximum Gasteiger partial charge on any atom is 0.253 e. The summed E-state index contributed by atoms with van der Waals surface area (Å²) in [6.07, 6.45) is 12.0. The van der Waals surface area contributed by atoms with E-state index in [0.717, 1.165) is 23.3 Å². The molecule has 1 spiro atoms. The number of pyridine rings is 1. The lowest BCUT2D eigenvalue weighted by Gasteiger charge is -2.20. The molecule has 6 rings (SSSR count). The van der Waals surface area contributed by atoms with Crippen molar-refractivity contribution in [3.63, 3.8) is 0 Å². The summed E-state index contributed by atoms with van der Waals surface area (Å²) < 4.78 is 6.87. The van der Waals surface area contributed by atoms with E-state index in [0.29, 0.717) is 46.5 Å². The van der Waals surface area contributed by atoms with Crippen LogP contribution in [0.2, 0.25) is 0 Å². The molecule has 1 aromatic carbocycles. The SMILES string of the molecule is COCC(=O)Nc1cc(C(=O)NC[C@@H]2C[C@H]3C=C[C@@H]2C32CC2)c2c(c1)nc(-c1ccncc1)n2C. The fourth-order valence-corrected chi connectivity index (χ4v) is 6.36. The molecule has 2 amide bonds. The number of ether oxygens (including phenoxy) is 1. The summed E-state index contributed by atoms with van der Waals surface area (Å²) in [5.74, 6) is 2.04. The summed E-state index contributed by atoms with van der Waals surface area (Å²) in [4.78, 5) is 34.6. The van der Waals surface area contributed by atoms with Crippen molar-refractivity contribution in [2.75, 3.05) is 25.6 Å². The molecule has 2 N–H and O–H groups in total. The van der Waals surface area contributed by atoms with Gasteiger partial charge in [0, 0.05) is 44.3 Å². The average molecular weight is 472 g/mol. The van der Waals surface area contributed by atoms with Crippen LogP contribution in [0.4, 0.5) is 5.69 Å². The first-order valence-corrected chi connectivity index (χ1v) is 12.2. The Labute approximate surface area is 203 Å². The van der Waals surface area contributed by atoms with Crippen molar-refractivity contribution < 1.29 is 14.3 Å². The van der Waals surface area contributed by atoms with Gasteiger partial charge in [-0.05, 0) is 66.7 Å². The van der Waals surface area contributed by atoms with Crippen molar-refractivity contribution in [3.8, 4) is 11.4 Å². The highest BCUT2D eigenvalue weighted by atomic mass is 16.5. The molecule has 0 unspecified atom stereocenters. The Bertz CT molecular complexity index is 1340. The third-order valence-electron chi connectivity index (χ3n) is 8.08. The number of methoxy groups -OCH3 is 1. The van der Waals surface area contributed by atoms with Gasteiger partial charge in [0.05, 0.1) is 16.6 Å². The molecule has 3 atom stereocenters. The first kappa shape index (κ1) is 22.0. The summed E-state index contributed by atoms with van der Waals surface area (Å²) >= 11 is 0. The molecule has 3 aliphatic rings. The van der Waals surface area contributed by atoms with Gasteiger partial charge in [-0.25, -0.2) is 4.98 Å². The fourth-order valence-electron chi connectivity index (χ4n) is 6.36. The number of rotatable bonds is 7. The Morgan fingerprint density at radius 3 is 2.71 bits per heavy atom. The van der Waals surface area contributed by atoms with E-state index in [4.69, 9.17) is 9.72 Å². The quantitative estimate of drug-likeness (QED) is 0.514. The lowest BCUT2D eigenvalue weighted by molar-refractivity contribution is -0.119. The summed E-state index contributed by atoms with van der Waals surface area (Å²) in [5, 5.41) is 6.03. The lowest BCUT2D eigenvalue weighted by atomic mass is 9.89. The molecular formula is C27H29N5O3. The van der Waals surface area contributed by atoms with E-state index in [1.165, 1.54) is 20.0 Å². The van der Waals surface area contributed by atoms with Crippen LogP contribution in [-0.4, -0.2) is 46.6 Å². The van der Waals surface area contributed by atoms with Crippen LogP contribution in [0.15, 0.2) is 48.8 Å². The van der Waals surface area contributed by atoms with Crippen LogP contribution in [-0.2, 0) is 16.6 Å². The van der Waals surface area contributed by atoms with Crippen molar-refractivity contribution in [1.82, 2.24) is 19.9 Å². The van der Waals surface area contributed by atoms with E-state index in [1.54, 1.807) is 24.5 Å². The highest BCUT2D eigenvalue weighted by Crippen LogP contribution is 2.69. The zero-order valence-corrected chi connectivity index (χ0v) is 20.0. The number of aromatic nitrogens is 3. The molecule has 2 fully saturated rings. The van der Waals surface area contributed by atoms with E-state index >= 15 is 0 Å². The summed E-state index contributed by atoms with van der Waals surface area (Å²) in [5.41, 5.74) is 3.77. The van der Waals surface area contributed by atoms with Crippen LogP contribution in [0, 0.1) is 23.2 Å². The van der Waals surface area contributed by atoms with Crippen molar-refractivity contribution in [2.45, 2.75) is 19.3 Å². The number of hydrogen-bond acceptors (Lipinski definition) is 5. The van der Waals surface area contributed by atoms with Crippen molar-refractivity contribution in [3.05, 3.63) is 54.4 Å². The number of fused-ring (bicyclic) bond motifs is 1. The van der Waals surface area contributed by atoms with Gasteiger partial charge < -0.3 is 19.9 Å². The van der Waals surface area contributed by atoms with Gasteiger partial charge in [0.2, 0.25) is 5.91 Å². The van der Waals surface area contributed by atoms with E-state index in [2.05, 4.69) is 27.8 Å². The van der Waals surface area contributed by atoms with E-state index in [1.807, 2.05) is 23.7 Å². The van der Waals surface area contributed by atoms with Crippen LogP contribution in [0.5, 0.6) is 0 Å². The van der Waals surface area contributed by atoms with Gasteiger partial charge >= 0.3 is 0 Å². The second-order valence-corrected chi connectivity index (χ2v) is 10.1. The minimum atomic E-state index is -0.285. The van der Waals surface area contributed by atoms with Crippen LogP contribution in [0.3, 0.4) is 0 Å². The highest BCUT2D eigenvalue weighted by Gasteiger charge is 2.62. The van der Waals surface area contributed by atoms with Gasteiger partial charge in [-0.15, -0.1) is 0 Å². The summed E-state index contributed by atoms with van der Waals surface area (Å²) in [6, 6.07) is 7.30. The Balaban J connectivity index is 1.32. The van der Waals surface area contributed by atoms with Gasteiger partial charge in [0.1, 0.15) is 12.4 Å². The maximum absolute atomic E-state index is 13.5. The van der Waals surface area contributed by atoms with E-state index < -0.39 is 0 Å². The minimum Gasteiger partial charge on any atom is -0.375 e. The molecular weight excluding hydrogens is 442 g/mol. The molecule has 0 saturated heterocycles. The molecule has 35 heavy (non-hydrogen) atoms. The monoisotopic (exact) mass is 471 g/mol. The highest BCUT2D eigenvalue weighted by molar-refractivity contribution is 6.08. The Morgan fingerprint density at radius 2 is 2.00 bits per heavy atom. The molecule has 2 bridgehead atoms. The number of carbonyl (C=O) groups is 2. The van der Waals surface area contributed by atoms with Gasteiger partial charge in [0.15, 0.2) is 0 Å². The number of anilines is 1. The minimum absolute atomic E-state index is 0.0659. The molecule has 8 heteroatoms. The molecule has 2 aromatic heterocycles. The standard InChI is InChI=1S/C27H29N5O3/c1-32-24-20(26(34)29-14-17-11-18-3-4-21(17)27(18)7-8-27)12-19(30-23(33)15-35-2)13-22(24)31-25(32)16-5-9-28-10-6-16/h3-6,9-10,12-13,17-18,21H,7-8,11,14-15H2,1-2H3,(H,29,34)(H,30,33)/t17-,18+,21-/m0/s1. The number of carbonyl (C=O) groups excluding carboxylic acids is 2. The molecule has 3 aliphatic carbocycles. The predicted molar refractivity (Wildman–Crippen MR) is 133 cm³/mol. The Morgan fingerprint density at radius 1 is 1.20 bits per heavy atom. The Hall–Kier alpha value is -3.52. The first-order valence-electron chi connectivity index (χ1n) is 12.2. The summed E-state index contributed by atoms with van der Waals surface area (Å²) in [7, 11) is 3.38. The number of benzene rings is 1. The molecule has 0 radical (unpaired) electrons. The molecule has 8 nitrogen and oxygen atoms in total. The zero-order valence-electron chi connectivity index (χ0n) is 20.0. The number of aryl methyl sites for hydroxylation is 1. The van der Waals surface area contributed by atoms with Gasteiger partial charge in [-0.3, -0.25) is 14.6 Å². The van der Waals surface area contributed by atoms with Crippen molar-refractivity contribution in [2.24, 2.45) is 30.2 Å². The largest absolute Gasteiger partial charge is 0.375 e. The van der Waals surface area contributed by atoms with Crippen LogP contribution in [0.25, 0.3) is 22.4 Å². The van der Waals surface area contributed by atoms with Gasteiger partial charge in [-0.2, -0.15) is 0 Å². The van der Waals surface area contributed by atoms with Gasteiger partial charge in [0.25, 0.3) is 5.91 Å². The predicted octanol–water partition coefficient (Wildman–Crippen LogP) is 3.55. The van der Waals surface area contributed by atoms with Gasteiger partial charge in [-0.1, -0.05) is 12.2 Å². The normalized spacial score (nSPS) is 23.2. The second kappa shape index (κ2) is 8.30. The fraction of sp³-hybridized carbons (Fsp3) is 0.407. The van der Waals surface area contributed by atoms with Crippen LogP contribution < -0.4 is 10.6 Å². The molecule has 2 saturated carbocycles. The molecule has 3 aromatic rings. The first-order chi connectivity index (χ1) is 17.0. The van der Waals surface area contributed by atoms with Crippen molar-refractivity contribution in [1.29, 1.82) is 0 Å². The summed E-state index contributed by atoms with van der Waals surface area (Å²) in [6.45, 7) is 0.590. The molecule has 2 heterocycles. The lowest BCUT2D eigenvalue weighted by Crippen LogP contribution is -2.32. The molecule has 180 valence electrons. The number of allylic oxidation sites excluding steroid dienone is 2. The van der Waals surface area contributed by atoms with E-state index in [-0.39, 0.29) is 18.4 Å². The second-order valence-electron chi connectivity index (χ2n) is 10.1. The number of imidazole rings is 1. The van der Waals surface area contributed by atoms with Crippen molar-refractivity contribution >= 4 is 28.5 Å². The number of nitrogens with zero attached hydrogens (tertiary/aromatic N) is 3. The topological polar surface area (TPSA) is 98.1 Å². The van der Waals surface area contributed by atoms with Crippen LogP contribution in [0.1, 0.15) is 29.6 Å². The number of amides is 2. The smallest absolute Gasteiger partial charge is 0.253 e. The number of hydrogen-bond donors (Lipinski definition) is 2. The molecule has 0 aliphatic heterocycles. The third kappa shape index (κ3) is 3.63. The average Bonchev–Trinajstić information content (AvgIpc) is 3.41. The third-order valence-corrected chi connectivity index (χ3v) is 8.08. The number of nitrogens with one attached hydrogen (secondary N) is 2. The van der Waals surface area contributed by atoms with Crippen LogP contribution >= 0.6 is 0 Å². The Kier molecular flexibility index (Phi) is 5.21. The maximum atomic E-state index is 13.5. The zero-order chi connectivity index (χ0) is 24.2.